The Morgan fingerprint density at radius 1 is 1.22 bits per heavy atom. The quantitative estimate of drug-likeness (QED) is 0.403. The van der Waals surface area contributed by atoms with Gasteiger partial charge in [-0.2, -0.15) is 0 Å². The van der Waals surface area contributed by atoms with Crippen molar-refractivity contribution >= 4 is 11.6 Å². The van der Waals surface area contributed by atoms with E-state index in [1.54, 1.807) is 48.5 Å². The van der Waals surface area contributed by atoms with Crippen molar-refractivity contribution in [1.29, 1.82) is 0 Å². The van der Waals surface area contributed by atoms with Crippen molar-refractivity contribution in [1.82, 2.24) is 0 Å². The first-order chi connectivity index (χ1) is 11.0. The lowest BCUT2D eigenvalue weighted by Gasteiger charge is -2.37. The molecule has 0 amide bonds. The largest absolute Gasteiger partial charge is 0.496 e. The zero-order chi connectivity index (χ0) is 16.6. The summed E-state index contributed by atoms with van der Waals surface area (Å²) in [6, 6.07) is 13.3. The van der Waals surface area contributed by atoms with Crippen molar-refractivity contribution < 1.29 is 19.5 Å². The first kappa shape index (κ1) is 15.6. The molecule has 1 aliphatic rings. The van der Waals surface area contributed by atoms with Gasteiger partial charge in [0.1, 0.15) is 11.5 Å². The standard InChI is InChI=1S/C16H14ClNO5/c1-22-12-8-4-3-7-11(12)15-16(17,18(20)21)14(19)10-6-2-5-9-13(10)23-15/h2-9,14-15,19H,1H3/t14-,15-,16+/m1/s1. The number of methoxy groups -OCH3 is 1. The number of benzene rings is 2. The highest BCUT2D eigenvalue weighted by Crippen LogP contribution is 2.52. The summed E-state index contributed by atoms with van der Waals surface area (Å²) in [6.45, 7) is 0. The van der Waals surface area contributed by atoms with Gasteiger partial charge in [-0.05, 0) is 23.7 Å². The highest BCUT2D eigenvalue weighted by atomic mass is 35.5. The van der Waals surface area contributed by atoms with Gasteiger partial charge in [0.15, 0.2) is 6.10 Å². The Morgan fingerprint density at radius 2 is 1.83 bits per heavy atom. The Hall–Kier alpha value is -2.31. The van der Waals surface area contributed by atoms with Crippen LogP contribution in [0, 0.1) is 10.1 Å². The molecule has 0 saturated heterocycles. The van der Waals surface area contributed by atoms with Crippen LogP contribution in [-0.2, 0) is 0 Å². The van der Waals surface area contributed by atoms with E-state index in [0.717, 1.165) is 0 Å². The number of nitrogens with zero attached hydrogens (tertiary/aromatic N) is 1. The van der Waals surface area contributed by atoms with E-state index < -0.39 is 22.1 Å². The number of halogens is 1. The molecule has 3 atom stereocenters. The van der Waals surface area contributed by atoms with Gasteiger partial charge in [-0.1, -0.05) is 36.4 Å². The molecule has 1 heterocycles. The number of hydrogen-bond acceptors (Lipinski definition) is 5. The number of para-hydroxylation sites is 2. The molecular weight excluding hydrogens is 322 g/mol. The topological polar surface area (TPSA) is 81.8 Å². The first-order valence-electron chi connectivity index (χ1n) is 6.90. The van der Waals surface area contributed by atoms with Crippen LogP contribution >= 0.6 is 11.6 Å². The number of aliphatic hydroxyl groups is 1. The second-order valence-corrected chi connectivity index (χ2v) is 5.77. The van der Waals surface area contributed by atoms with Gasteiger partial charge >= 0.3 is 5.00 Å². The summed E-state index contributed by atoms with van der Waals surface area (Å²) in [5, 5.41) is 22.2. The monoisotopic (exact) mass is 335 g/mol. The lowest BCUT2D eigenvalue weighted by Crippen LogP contribution is -2.49. The second kappa shape index (κ2) is 5.72. The van der Waals surface area contributed by atoms with E-state index in [4.69, 9.17) is 21.1 Å². The fourth-order valence-electron chi connectivity index (χ4n) is 2.75. The van der Waals surface area contributed by atoms with Crippen LogP contribution in [0.25, 0.3) is 0 Å². The Balaban J connectivity index is 2.20. The number of fused-ring (bicyclic) bond motifs is 1. The Morgan fingerprint density at radius 3 is 2.48 bits per heavy atom. The number of alkyl halides is 1. The molecule has 0 unspecified atom stereocenters. The van der Waals surface area contributed by atoms with Crippen LogP contribution in [0.4, 0.5) is 0 Å². The fraction of sp³-hybridized carbons (Fsp3) is 0.250. The maximum Gasteiger partial charge on any atom is 0.365 e. The molecule has 7 heteroatoms. The van der Waals surface area contributed by atoms with Crippen molar-refractivity contribution in [3.05, 3.63) is 69.8 Å². The van der Waals surface area contributed by atoms with Crippen LogP contribution in [0.5, 0.6) is 11.5 Å². The molecular formula is C16H14ClNO5. The third kappa shape index (κ3) is 2.31. The zero-order valence-electron chi connectivity index (χ0n) is 12.2. The molecule has 1 aliphatic heterocycles. The molecule has 0 spiro atoms. The highest BCUT2D eigenvalue weighted by molar-refractivity contribution is 6.23. The zero-order valence-corrected chi connectivity index (χ0v) is 12.9. The minimum atomic E-state index is -2.26. The summed E-state index contributed by atoms with van der Waals surface area (Å²) in [5.74, 6) is 0.755. The van der Waals surface area contributed by atoms with Crippen molar-refractivity contribution in [3.63, 3.8) is 0 Å². The van der Waals surface area contributed by atoms with Crippen LogP contribution in [0.2, 0.25) is 0 Å². The predicted octanol–water partition coefficient (Wildman–Crippen LogP) is 3.07. The molecule has 0 saturated carbocycles. The summed E-state index contributed by atoms with van der Waals surface area (Å²) < 4.78 is 11.0. The van der Waals surface area contributed by atoms with E-state index in [2.05, 4.69) is 0 Å². The molecule has 0 aliphatic carbocycles. The Kier molecular flexibility index (Phi) is 3.87. The minimum absolute atomic E-state index is 0.283. The van der Waals surface area contributed by atoms with Crippen LogP contribution in [0.1, 0.15) is 23.3 Å². The number of aliphatic hydroxyl groups excluding tert-OH is 1. The molecule has 6 nitrogen and oxygen atoms in total. The van der Waals surface area contributed by atoms with Crippen molar-refractivity contribution in [2.45, 2.75) is 17.2 Å². The van der Waals surface area contributed by atoms with Gasteiger partial charge in [-0.3, -0.25) is 10.1 Å². The van der Waals surface area contributed by atoms with Crippen molar-refractivity contribution in [2.75, 3.05) is 7.11 Å². The first-order valence-corrected chi connectivity index (χ1v) is 7.28. The van der Waals surface area contributed by atoms with Gasteiger partial charge in [0, 0.05) is 11.1 Å². The van der Waals surface area contributed by atoms with E-state index >= 15 is 0 Å². The van der Waals surface area contributed by atoms with Crippen LogP contribution in [0.15, 0.2) is 48.5 Å². The van der Waals surface area contributed by atoms with Crippen LogP contribution < -0.4 is 9.47 Å². The lowest BCUT2D eigenvalue weighted by molar-refractivity contribution is -0.570. The molecule has 0 aromatic heterocycles. The minimum Gasteiger partial charge on any atom is -0.496 e. The smallest absolute Gasteiger partial charge is 0.365 e. The maximum absolute atomic E-state index is 11.7. The number of nitro groups is 1. The Bertz CT molecular complexity index is 753. The van der Waals surface area contributed by atoms with E-state index in [1.165, 1.54) is 7.11 Å². The van der Waals surface area contributed by atoms with Gasteiger partial charge in [-0.15, -0.1) is 0 Å². The van der Waals surface area contributed by atoms with Gasteiger partial charge in [0.25, 0.3) is 0 Å². The summed E-state index contributed by atoms with van der Waals surface area (Å²) in [6.07, 6.45) is -2.74. The SMILES string of the molecule is COc1ccccc1[C@H]1Oc2ccccc2[C@@H](O)[C@]1(Cl)[N+](=O)[O-]. The van der Waals surface area contributed by atoms with E-state index in [-0.39, 0.29) is 5.56 Å². The third-order valence-corrected chi connectivity index (χ3v) is 4.45. The number of hydrogen-bond donors (Lipinski definition) is 1. The number of ether oxygens (including phenoxy) is 2. The van der Waals surface area contributed by atoms with Gasteiger partial charge < -0.3 is 14.6 Å². The third-order valence-electron chi connectivity index (χ3n) is 3.91. The van der Waals surface area contributed by atoms with Gasteiger partial charge in [-0.25, -0.2) is 0 Å². The normalized spacial score (nSPS) is 26.0. The summed E-state index contributed by atoms with van der Waals surface area (Å²) >= 11 is 6.29. The molecule has 0 bridgehead atoms. The molecule has 120 valence electrons. The average molecular weight is 336 g/mol. The molecule has 0 radical (unpaired) electrons. The van der Waals surface area contributed by atoms with Crippen molar-refractivity contribution in [3.8, 4) is 11.5 Å². The molecule has 3 rings (SSSR count). The second-order valence-electron chi connectivity index (χ2n) is 5.16. The van der Waals surface area contributed by atoms with E-state index in [9.17, 15) is 15.2 Å². The molecule has 0 fully saturated rings. The maximum atomic E-state index is 11.7. The molecule has 2 aromatic carbocycles. The van der Waals surface area contributed by atoms with Gasteiger partial charge in [0.2, 0.25) is 6.10 Å². The highest BCUT2D eigenvalue weighted by Gasteiger charge is 2.62. The average Bonchev–Trinajstić information content (AvgIpc) is 2.58. The lowest BCUT2D eigenvalue weighted by atomic mass is 9.89. The molecule has 23 heavy (non-hydrogen) atoms. The van der Waals surface area contributed by atoms with E-state index in [0.29, 0.717) is 17.1 Å². The van der Waals surface area contributed by atoms with Gasteiger partial charge in [0.05, 0.1) is 12.0 Å². The number of rotatable bonds is 3. The fourth-order valence-corrected chi connectivity index (χ4v) is 3.02. The molecule has 2 aromatic rings. The van der Waals surface area contributed by atoms with Crippen LogP contribution in [0.3, 0.4) is 0 Å². The predicted molar refractivity (Wildman–Crippen MR) is 83.3 cm³/mol. The van der Waals surface area contributed by atoms with E-state index in [1.807, 2.05) is 0 Å². The summed E-state index contributed by atoms with van der Waals surface area (Å²) in [4.78, 5) is 8.70. The molecule has 1 N–H and O–H groups in total. The Labute approximate surface area is 137 Å². The van der Waals surface area contributed by atoms with Crippen molar-refractivity contribution in [2.24, 2.45) is 0 Å². The summed E-state index contributed by atoms with van der Waals surface area (Å²) in [5.41, 5.74) is 0.681. The van der Waals surface area contributed by atoms with Crippen LogP contribution in [-0.4, -0.2) is 22.1 Å². The summed E-state index contributed by atoms with van der Waals surface area (Å²) in [7, 11) is 1.45.